The Morgan fingerprint density at radius 3 is 2.65 bits per heavy atom. The number of nitrogens with zero attached hydrogens (tertiary/aromatic N) is 2. The third-order valence-corrected chi connectivity index (χ3v) is 5.21. The quantitative estimate of drug-likeness (QED) is 0.444. The molecule has 31 heavy (non-hydrogen) atoms. The van der Waals surface area contributed by atoms with E-state index in [-0.39, 0.29) is 6.61 Å². The van der Waals surface area contributed by atoms with Crippen LogP contribution in [0, 0.1) is 6.92 Å². The van der Waals surface area contributed by atoms with E-state index < -0.39 is 5.91 Å². The number of fused-ring (bicyclic) bond motifs is 1. The lowest BCUT2D eigenvalue weighted by atomic mass is 9.98. The number of amides is 1. The number of primary amides is 1. The van der Waals surface area contributed by atoms with Crippen LogP contribution in [0.4, 0.5) is 11.5 Å². The summed E-state index contributed by atoms with van der Waals surface area (Å²) in [5, 5.41) is 3.66. The maximum Gasteiger partial charge on any atom is 0.255 e. The van der Waals surface area contributed by atoms with Crippen LogP contribution in [0.3, 0.4) is 0 Å². The maximum absolute atomic E-state index is 11.3. The van der Waals surface area contributed by atoms with Gasteiger partial charge in [0, 0.05) is 17.4 Å². The molecule has 0 fully saturated rings. The first-order chi connectivity index (χ1) is 15.0. The van der Waals surface area contributed by atoms with Crippen molar-refractivity contribution in [1.82, 2.24) is 9.38 Å². The molecule has 0 aliphatic rings. The van der Waals surface area contributed by atoms with Crippen molar-refractivity contribution in [1.29, 1.82) is 0 Å². The third-order valence-electron chi connectivity index (χ3n) is 5.21. The number of carbonyl (C=O) groups excluding carboxylic acids is 1. The molecular formula is C25H26N4O2. The number of ether oxygens (including phenoxy) is 1. The summed E-state index contributed by atoms with van der Waals surface area (Å²) in [5.74, 6) is 1.23. The van der Waals surface area contributed by atoms with Crippen LogP contribution in [0.2, 0.25) is 0 Å². The average Bonchev–Trinajstić information content (AvgIpc) is 3.12. The van der Waals surface area contributed by atoms with Crippen LogP contribution in [0.1, 0.15) is 30.9 Å². The van der Waals surface area contributed by atoms with Gasteiger partial charge in [0.2, 0.25) is 0 Å². The summed E-state index contributed by atoms with van der Waals surface area (Å²) in [6.07, 6.45) is 1.98. The molecule has 2 aromatic carbocycles. The predicted molar refractivity (Wildman–Crippen MR) is 124 cm³/mol. The number of nitrogens with one attached hydrogen (secondary N) is 1. The van der Waals surface area contributed by atoms with Crippen molar-refractivity contribution >= 4 is 23.1 Å². The van der Waals surface area contributed by atoms with Gasteiger partial charge in [-0.25, -0.2) is 4.98 Å². The van der Waals surface area contributed by atoms with Crippen LogP contribution in [-0.4, -0.2) is 21.9 Å². The van der Waals surface area contributed by atoms with Gasteiger partial charge < -0.3 is 15.8 Å². The number of nitrogens with two attached hydrogens (primary N) is 1. The number of imidazole rings is 1. The predicted octanol–water partition coefficient (Wildman–Crippen LogP) is 5.04. The Balaban J connectivity index is 1.89. The summed E-state index contributed by atoms with van der Waals surface area (Å²) < 4.78 is 7.71. The Labute approximate surface area is 181 Å². The molecule has 4 rings (SSSR count). The molecule has 0 bridgehead atoms. The minimum Gasteiger partial charge on any atom is -0.483 e. The summed E-state index contributed by atoms with van der Waals surface area (Å²) in [5.41, 5.74) is 11.1. The van der Waals surface area contributed by atoms with E-state index in [4.69, 9.17) is 15.5 Å². The summed E-state index contributed by atoms with van der Waals surface area (Å²) in [4.78, 5) is 16.1. The van der Waals surface area contributed by atoms with Crippen LogP contribution in [0.5, 0.6) is 5.75 Å². The zero-order chi connectivity index (χ0) is 22.0. The molecule has 6 heteroatoms. The number of pyridine rings is 1. The Kier molecular flexibility index (Phi) is 5.62. The van der Waals surface area contributed by atoms with Gasteiger partial charge in [-0.3, -0.25) is 9.20 Å². The van der Waals surface area contributed by atoms with Crippen molar-refractivity contribution in [3.63, 3.8) is 0 Å². The Morgan fingerprint density at radius 2 is 1.87 bits per heavy atom. The molecule has 2 heterocycles. The van der Waals surface area contributed by atoms with Crippen molar-refractivity contribution in [3.8, 4) is 17.0 Å². The summed E-state index contributed by atoms with van der Waals surface area (Å²) in [7, 11) is 0. The van der Waals surface area contributed by atoms with Gasteiger partial charge >= 0.3 is 0 Å². The third kappa shape index (κ3) is 4.10. The van der Waals surface area contributed by atoms with Gasteiger partial charge in [0.25, 0.3) is 5.91 Å². The van der Waals surface area contributed by atoms with Crippen LogP contribution >= 0.6 is 0 Å². The monoisotopic (exact) mass is 414 g/mol. The smallest absolute Gasteiger partial charge is 0.255 e. The number of hydrogen-bond acceptors (Lipinski definition) is 4. The second-order valence-electron chi connectivity index (χ2n) is 7.81. The van der Waals surface area contributed by atoms with Crippen LogP contribution in [0.15, 0.2) is 66.9 Å². The largest absolute Gasteiger partial charge is 0.483 e. The number of benzene rings is 2. The SMILES string of the molecule is Cc1cccc(C(C)C)c1Nc1c(-c2ccccc2OCC(N)=O)nc2ccccn12. The standard InChI is InChI=1S/C25H26N4O2/c1-16(2)18-11-8-9-17(3)23(18)28-25-24(27-22-13-6-7-14-29(22)25)19-10-4-5-12-20(19)31-15-21(26)30/h4-14,16,28H,15H2,1-3H3,(H2,26,30). The molecule has 4 aromatic rings. The first kappa shape index (κ1) is 20.5. The van der Waals surface area contributed by atoms with E-state index in [0.29, 0.717) is 11.7 Å². The lowest BCUT2D eigenvalue weighted by Crippen LogP contribution is -2.20. The average molecular weight is 415 g/mol. The van der Waals surface area contributed by atoms with Gasteiger partial charge in [-0.05, 0) is 48.2 Å². The minimum atomic E-state index is -0.523. The molecule has 0 atom stereocenters. The second kappa shape index (κ2) is 8.52. The lowest BCUT2D eigenvalue weighted by Gasteiger charge is -2.18. The number of hydrogen-bond donors (Lipinski definition) is 2. The molecule has 0 saturated carbocycles. The Bertz CT molecular complexity index is 1240. The summed E-state index contributed by atoms with van der Waals surface area (Å²) >= 11 is 0. The van der Waals surface area contributed by atoms with Gasteiger partial charge in [0.1, 0.15) is 22.9 Å². The zero-order valence-electron chi connectivity index (χ0n) is 17.9. The van der Waals surface area contributed by atoms with Gasteiger partial charge in [-0.2, -0.15) is 0 Å². The number of aryl methyl sites for hydroxylation is 1. The highest BCUT2D eigenvalue weighted by Crippen LogP contribution is 2.38. The van der Waals surface area contributed by atoms with E-state index in [1.807, 2.05) is 53.1 Å². The van der Waals surface area contributed by atoms with Gasteiger partial charge in [0.05, 0.1) is 0 Å². The van der Waals surface area contributed by atoms with Crippen LogP contribution in [-0.2, 0) is 4.79 Å². The fourth-order valence-electron chi connectivity index (χ4n) is 3.70. The highest BCUT2D eigenvalue weighted by Gasteiger charge is 2.20. The fraction of sp³-hybridized carbons (Fsp3) is 0.200. The van der Waals surface area contributed by atoms with Gasteiger partial charge in [0.15, 0.2) is 6.61 Å². The van der Waals surface area contributed by atoms with Gasteiger partial charge in [-0.1, -0.05) is 50.2 Å². The van der Waals surface area contributed by atoms with E-state index in [0.717, 1.165) is 34.0 Å². The fourth-order valence-corrected chi connectivity index (χ4v) is 3.70. The number of anilines is 2. The van der Waals surface area contributed by atoms with Gasteiger partial charge in [-0.15, -0.1) is 0 Å². The minimum absolute atomic E-state index is 0.192. The summed E-state index contributed by atoms with van der Waals surface area (Å²) in [6.45, 7) is 6.27. The molecule has 3 N–H and O–H groups in total. The summed E-state index contributed by atoms with van der Waals surface area (Å²) in [6, 6.07) is 19.8. The Morgan fingerprint density at radius 1 is 1.10 bits per heavy atom. The van der Waals surface area contributed by atoms with E-state index >= 15 is 0 Å². The molecule has 158 valence electrons. The van der Waals surface area contributed by atoms with E-state index in [1.165, 1.54) is 5.56 Å². The van der Waals surface area contributed by atoms with Crippen molar-refractivity contribution in [3.05, 3.63) is 78.0 Å². The topological polar surface area (TPSA) is 81.6 Å². The molecule has 2 aromatic heterocycles. The van der Waals surface area contributed by atoms with Crippen molar-refractivity contribution in [2.75, 3.05) is 11.9 Å². The van der Waals surface area contributed by atoms with Crippen molar-refractivity contribution < 1.29 is 9.53 Å². The molecule has 6 nitrogen and oxygen atoms in total. The molecule has 1 amide bonds. The first-order valence-electron chi connectivity index (χ1n) is 10.3. The number of para-hydroxylation sites is 2. The molecule has 0 radical (unpaired) electrons. The lowest BCUT2D eigenvalue weighted by molar-refractivity contribution is -0.119. The van der Waals surface area contributed by atoms with E-state index in [9.17, 15) is 4.79 Å². The van der Waals surface area contributed by atoms with Crippen LogP contribution in [0.25, 0.3) is 16.9 Å². The highest BCUT2D eigenvalue weighted by molar-refractivity contribution is 5.84. The van der Waals surface area contributed by atoms with Crippen molar-refractivity contribution in [2.45, 2.75) is 26.7 Å². The first-order valence-corrected chi connectivity index (χ1v) is 10.3. The normalized spacial score (nSPS) is 11.1. The van der Waals surface area contributed by atoms with E-state index in [1.54, 1.807) is 0 Å². The second-order valence-corrected chi connectivity index (χ2v) is 7.81. The molecule has 0 saturated heterocycles. The Hall–Kier alpha value is -3.80. The molecular weight excluding hydrogens is 388 g/mol. The number of carbonyl (C=O) groups is 1. The molecule has 0 aliphatic carbocycles. The zero-order valence-corrected chi connectivity index (χ0v) is 17.9. The number of rotatable bonds is 7. The maximum atomic E-state index is 11.3. The molecule has 0 unspecified atom stereocenters. The van der Waals surface area contributed by atoms with E-state index in [2.05, 4.69) is 44.3 Å². The molecule has 0 spiro atoms. The molecule has 0 aliphatic heterocycles. The van der Waals surface area contributed by atoms with Crippen molar-refractivity contribution in [2.24, 2.45) is 5.73 Å². The highest BCUT2D eigenvalue weighted by atomic mass is 16.5. The van der Waals surface area contributed by atoms with Crippen LogP contribution < -0.4 is 15.8 Å². The number of aromatic nitrogens is 2.